The van der Waals surface area contributed by atoms with Crippen molar-refractivity contribution in [2.24, 2.45) is 5.92 Å². The highest BCUT2D eigenvalue weighted by Crippen LogP contribution is 2.24. The van der Waals surface area contributed by atoms with E-state index in [9.17, 15) is 9.18 Å². The Kier molecular flexibility index (Phi) is 6.71. The van der Waals surface area contributed by atoms with Crippen molar-refractivity contribution >= 4 is 5.91 Å². The molecule has 25 heavy (non-hydrogen) atoms. The van der Waals surface area contributed by atoms with Crippen molar-refractivity contribution in [3.8, 4) is 11.1 Å². The highest BCUT2D eigenvalue weighted by atomic mass is 19.1. The fourth-order valence-electron chi connectivity index (χ4n) is 2.80. The summed E-state index contributed by atoms with van der Waals surface area (Å²) in [5.74, 6) is 0.0603. The molecule has 0 aliphatic carbocycles. The first kappa shape index (κ1) is 19.1. The summed E-state index contributed by atoms with van der Waals surface area (Å²) in [6, 6.07) is 12.1. The maximum atomic E-state index is 13.5. The maximum Gasteiger partial charge on any atom is 0.251 e. The van der Waals surface area contributed by atoms with E-state index in [4.69, 9.17) is 0 Å². The molecule has 2 rings (SSSR count). The van der Waals surface area contributed by atoms with Gasteiger partial charge in [0.05, 0.1) is 0 Å². The lowest BCUT2D eigenvalue weighted by molar-refractivity contribution is 0.0945. The third kappa shape index (κ3) is 5.40. The maximum absolute atomic E-state index is 13.5. The molecule has 0 radical (unpaired) electrons. The summed E-state index contributed by atoms with van der Waals surface area (Å²) in [5, 5.41) is 2.98. The van der Waals surface area contributed by atoms with Gasteiger partial charge >= 0.3 is 0 Å². The molecule has 0 saturated carbocycles. The van der Waals surface area contributed by atoms with Crippen molar-refractivity contribution in [2.75, 3.05) is 26.7 Å². The van der Waals surface area contributed by atoms with Gasteiger partial charge in [-0.25, -0.2) is 4.39 Å². The van der Waals surface area contributed by atoms with Crippen LogP contribution in [0.15, 0.2) is 42.5 Å². The van der Waals surface area contributed by atoms with Gasteiger partial charge in [-0.2, -0.15) is 0 Å². The van der Waals surface area contributed by atoms with E-state index < -0.39 is 0 Å². The predicted octanol–water partition coefficient (Wildman–Crippen LogP) is 4.12. The number of carbonyl (C=O) groups is 1. The summed E-state index contributed by atoms with van der Waals surface area (Å²) in [6.45, 7) is 8.79. The second-order valence-corrected chi connectivity index (χ2v) is 6.71. The monoisotopic (exact) mass is 342 g/mol. The van der Waals surface area contributed by atoms with Crippen LogP contribution < -0.4 is 5.32 Å². The number of rotatable bonds is 7. The molecule has 1 unspecified atom stereocenters. The Morgan fingerprint density at radius 2 is 1.88 bits per heavy atom. The third-order valence-corrected chi connectivity index (χ3v) is 4.43. The summed E-state index contributed by atoms with van der Waals surface area (Å²) >= 11 is 0. The Balaban J connectivity index is 1.99. The summed E-state index contributed by atoms with van der Waals surface area (Å²) < 4.78 is 13.5. The lowest BCUT2D eigenvalue weighted by Gasteiger charge is -2.19. The average Bonchev–Trinajstić information content (AvgIpc) is 2.61. The van der Waals surface area contributed by atoms with Crippen LogP contribution in [0, 0.1) is 18.7 Å². The van der Waals surface area contributed by atoms with Crippen LogP contribution in [0.25, 0.3) is 11.1 Å². The summed E-state index contributed by atoms with van der Waals surface area (Å²) in [5.41, 5.74) is 3.39. The van der Waals surface area contributed by atoms with E-state index in [1.165, 1.54) is 12.1 Å². The predicted molar refractivity (Wildman–Crippen MR) is 101 cm³/mol. The summed E-state index contributed by atoms with van der Waals surface area (Å²) in [4.78, 5) is 14.5. The number of nitrogens with zero attached hydrogens (tertiary/aromatic N) is 1. The molecule has 0 spiro atoms. The molecule has 0 saturated heterocycles. The van der Waals surface area contributed by atoms with E-state index >= 15 is 0 Å². The topological polar surface area (TPSA) is 32.3 Å². The van der Waals surface area contributed by atoms with Gasteiger partial charge in [0.2, 0.25) is 0 Å². The van der Waals surface area contributed by atoms with Crippen molar-refractivity contribution < 1.29 is 9.18 Å². The van der Waals surface area contributed by atoms with Crippen LogP contribution in [0.4, 0.5) is 4.39 Å². The Labute approximate surface area is 149 Å². The van der Waals surface area contributed by atoms with Crippen molar-refractivity contribution in [1.82, 2.24) is 10.2 Å². The molecule has 0 aliphatic rings. The van der Waals surface area contributed by atoms with E-state index in [-0.39, 0.29) is 11.7 Å². The number of carbonyl (C=O) groups excluding carboxylic acids is 1. The summed E-state index contributed by atoms with van der Waals surface area (Å²) in [7, 11) is 2.07. The Hall–Kier alpha value is -2.20. The summed E-state index contributed by atoms with van der Waals surface area (Å²) in [6.07, 6.45) is 0. The fourth-order valence-corrected chi connectivity index (χ4v) is 2.80. The number of aryl methyl sites for hydroxylation is 1. The van der Waals surface area contributed by atoms with Crippen LogP contribution in [0.3, 0.4) is 0 Å². The zero-order valence-corrected chi connectivity index (χ0v) is 15.5. The second kappa shape index (κ2) is 8.77. The highest BCUT2D eigenvalue weighted by Gasteiger charge is 2.10. The molecular weight excluding hydrogens is 315 g/mol. The molecule has 0 bridgehead atoms. The van der Waals surface area contributed by atoms with E-state index in [0.29, 0.717) is 18.0 Å². The Morgan fingerprint density at radius 3 is 2.52 bits per heavy atom. The quantitative estimate of drug-likeness (QED) is 0.821. The Morgan fingerprint density at radius 1 is 1.20 bits per heavy atom. The SMILES string of the molecule is CCN(C)CC(C)CNC(=O)c1ccc(-c2cc(F)ccc2C)cc1. The smallest absolute Gasteiger partial charge is 0.251 e. The lowest BCUT2D eigenvalue weighted by Crippen LogP contribution is -2.33. The van der Waals surface area contributed by atoms with Gasteiger partial charge in [-0.05, 0) is 67.4 Å². The van der Waals surface area contributed by atoms with Crippen LogP contribution >= 0.6 is 0 Å². The molecular formula is C21H27FN2O. The molecule has 1 amide bonds. The van der Waals surface area contributed by atoms with Gasteiger partial charge in [0.15, 0.2) is 0 Å². The molecule has 2 aromatic rings. The number of hydrogen-bond donors (Lipinski definition) is 1. The number of halogens is 1. The van der Waals surface area contributed by atoms with Crippen molar-refractivity contribution in [1.29, 1.82) is 0 Å². The first-order valence-electron chi connectivity index (χ1n) is 8.74. The van der Waals surface area contributed by atoms with Gasteiger partial charge in [0.1, 0.15) is 5.82 Å². The average molecular weight is 342 g/mol. The first-order chi connectivity index (χ1) is 11.9. The number of nitrogens with one attached hydrogen (secondary N) is 1. The minimum Gasteiger partial charge on any atom is -0.352 e. The van der Waals surface area contributed by atoms with E-state index in [0.717, 1.165) is 29.8 Å². The van der Waals surface area contributed by atoms with Crippen molar-refractivity contribution in [3.05, 3.63) is 59.4 Å². The van der Waals surface area contributed by atoms with E-state index in [1.807, 2.05) is 19.1 Å². The van der Waals surface area contributed by atoms with Gasteiger partial charge in [-0.1, -0.05) is 32.0 Å². The normalized spacial score (nSPS) is 12.2. The molecule has 0 fully saturated rings. The fraction of sp³-hybridized carbons (Fsp3) is 0.381. The van der Waals surface area contributed by atoms with Crippen molar-refractivity contribution in [2.45, 2.75) is 20.8 Å². The zero-order chi connectivity index (χ0) is 18.4. The van der Waals surface area contributed by atoms with Crippen LogP contribution in [-0.4, -0.2) is 37.5 Å². The molecule has 1 N–H and O–H groups in total. The number of hydrogen-bond acceptors (Lipinski definition) is 2. The van der Waals surface area contributed by atoms with Crippen LogP contribution in [0.1, 0.15) is 29.8 Å². The molecule has 0 heterocycles. The van der Waals surface area contributed by atoms with E-state index in [1.54, 1.807) is 18.2 Å². The highest BCUT2D eigenvalue weighted by molar-refractivity contribution is 5.94. The molecule has 2 aromatic carbocycles. The molecule has 1 atom stereocenters. The Bertz CT molecular complexity index is 712. The number of amides is 1. The molecule has 3 nitrogen and oxygen atoms in total. The van der Waals surface area contributed by atoms with Gasteiger partial charge in [0, 0.05) is 18.7 Å². The molecule has 0 aromatic heterocycles. The first-order valence-corrected chi connectivity index (χ1v) is 8.74. The standard InChI is InChI=1S/C21H27FN2O/c1-5-24(4)14-15(2)13-23-21(25)18-9-7-17(8-10-18)20-12-19(22)11-6-16(20)3/h6-12,15H,5,13-14H2,1-4H3,(H,23,25). The van der Waals surface area contributed by atoms with E-state index in [2.05, 4.69) is 31.1 Å². The van der Waals surface area contributed by atoms with Crippen molar-refractivity contribution in [3.63, 3.8) is 0 Å². The van der Waals surface area contributed by atoms with Gasteiger partial charge < -0.3 is 10.2 Å². The largest absolute Gasteiger partial charge is 0.352 e. The van der Waals surface area contributed by atoms with Gasteiger partial charge in [-0.3, -0.25) is 4.79 Å². The van der Waals surface area contributed by atoms with Gasteiger partial charge in [0.25, 0.3) is 5.91 Å². The van der Waals surface area contributed by atoms with Crippen LogP contribution in [0.5, 0.6) is 0 Å². The number of benzene rings is 2. The molecule has 0 aliphatic heterocycles. The van der Waals surface area contributed by atoms with Crippen LogP contribution in [0.2, 0.25) is 0 Å². The van der Waals surface area contributed by atoms with Crippen LogP contribution in [-0.2, 0) is 0 Å². The third-order valence-electron chi connectivity index (χ3n) is 4.43. The molecule has 4 heteroatoms. The minimum atomic E-state index is -0.256. The zero-order valence-electron chi connectivity index (χ0n) is 15.5. The molecule has 134 valence electrons. The second-order valence-electron chi connectivity index (χ2n) is 6.71. The lowest BCUT2D eigenvalue weighted by atomic mass is 9.99. The minimum absolute atomic E-state index is 0.0754. The van der Waals surface area contributed by atoms with Gasteiger partial charge in [-0.15, -0.1) is 0 Å².